The standard InChI is InChI=1S/C15H31NO/c1-5-14(11-17)16-10-12-6-8-13(9-7-12)15(2,3)4/h12-14,16-17H,5-11H2,1-4H3/t12?,13?,14-/m1/s1. The summed E-state index contributed by atoms with van der Waals surface area (Å²) in [6.45, 7) is 10.6. The molecule has 2 heteroatoms. The van der Waals surface area contributed by atoms with Crippen molar-refractivity contribution in [3.05, 3.63) is 0 Å². The van der Waals surface area contributed by atoms with Crippen molar-refractivity contribution in [2.75, 3.05) is 13.2 Å². The van der Waals surface area contributed by atoms with Crippen molar-refractivity contribution in [2.24, 2.45) is 17.3 Å². The van der Waals surface area contributed by atoms with Gasteiger partial charge in [-0.1, -0.05) is 27.7 Å². The molecule has 1 aliphatic carbocycles. The molecule has 0 saturated heterocycles. The van der Waals surface area contributed by atoms with Gasteiger partial charge in [-0.15, -0.1) is 0 Å². The zero-order valence-electron chi connectivity index (χ0n) is 12.1. The molecular weight excluding hydrogens is 210 g/mol. The minimum Gasteiger partial charge on any atom is -0.395 e. The number of nitrogens with one attached hydrogen (secondary N) is 1. The third-order valence-electron chi connectivity index (χ3n) is 4.48. The van der Waals surface area contributed by atoms with Gasteiger partial charge in [0.2, 0.25) is 0 Å². The Morgan fingerprint density at radius 3 is 2.18 bits per heavy atom. The summed E-state index contributed by atoms with van der Waals surface area (Å²) in [5, 5.41) is 12.6. The van der Waals surface area contributed by atoms with Crippen LogP contribution in [0.2, 0.25) is 0 Å². The second-order valence-corrected chi connectivity index (χ2v) is 6.78. The predicted octanol–water partition coefficient (Wildman–Crippen LogP) is 3.20. The Morgan fingerprint density at radius 1 is 1.18 bits per heavy atom. The first-order valence-electron chi connectivity index (χ1n) is 7.31. The highest BCUT2D eigenvalue weighted by Gasteiger charge is 2.29. The largest absolute Gasteiger partial charge is 0.395 e. The fourth-order valence-corrected chi connectivity index (χ4v) is 2.90. The van der Waals surface area contributed by atoms with E-state index in [1.807, 2.05) is 0 Å². The molecule has 0 aromatic rings. The van der Waals surface area contributed by atoms with Gasteiger partial charge in [0, 0.05) is 6.04 Å². The molecule has 2 N–H and O–H groups in total. The molecule has 0 spiro atoms. The molecule has 0 radical (unpaired) electrons. The fraction of sp³-hybridized carbons (Fsp3) is 1.00. The number of hydrogen-bond acceptors (Lipinski definition) is 2. The van der Waals surface area contributed by atoms with Gasteiger partial charge in [0.05, 0.1) is 6.61 Å². The van der Waals surface area contributed by atoms with Crippen molar-refractivity contribution in [1.82, 2.24) is 5.32 Å². The van der Waals surface area contributed by atoms with E-state index in [1.165, 1.54) is 25.7 Å². The summed E-state index contributed by atoms with van der Waals surface area (Å²) in [6, 6.07) is 0.301. The van der Waals surface area contributed by atoms with Crippen LogP contribution in [0.1, 0.15) is 59.8 Å². The molecule has 0 unspecified atom stereocenters. The van der Waals surface area contributed by atoms with Crippen LogP contribution in [0.15, 0.2) is 0 Å². The van der Waals surface area contributed by atoms with E-state index in [-0.39, 0.29) is 6.61 Å². The topological polar surface area (TPSA) is 32.3 Å². The average Bonchev–Trinajstić information content (AvgIpc) is 2.30. The predicted molar refractivity (Wildman–Crippen MR) is 74.1 cm³/mol. The minimum absolute atomic E-state index is 0.272. The van der Waals surface area contributed by atoms with Gasteiger partial charge in [-0.05, 0) is 55.9 Å². The van der Waals surface area contributed by atoms with Crippen LogP contribution in [-0.2, 0) is 0 Å². The molecule has 0 aliphatic heterocycles. The Balaban J connectivity index is 2.23. The van der Waals surface area contributed by atoms with Crippen molar-refractivity contribution in [1.29, 1.82) is 0 Å². The van der Waals surface area contributed by atoms with Crippen molar-refractivity contribution in [3.8, 4) is 0 Å². The lowest BCUT2D eigenvalue weighted by atomic mass is 9.70. The molecule has 0 heterocycles. The van der Waals surface area contributed by atoms with E-state index in [0.717, 1.165) is 24.8 Å². The fourth-order valence-electron chi connectivity index (χ4n) is 2.90. The van der Waals surface area contributed by atoms with Crippen LogP contribution in [0, 0.1) is 17.3 Å². The van der Waals surface area contributed by atoms with E-state index < -0.39 is 0 Å². The SMILES string of the molecule is CC[C@H](CO)NCC1CCC(C(C)(C)C)CC1. The van der Waals surface area contributed by atoms with Gasteiger partial charge in [-0.3, -0.25) is 0 Å². The number of aliphatic hydroxyl groups is 1. The highest BCUT2D eigenvalue weighted by atomic mass is 16.3. The molecule has 1 atom stereocenters. The summed E-state index contributed by atoms with van der Waals surface area (Å²) in [5.74, 6) is 1.73. The molecular formula is C15H31NO. The molecule has 1 saturated carbocycles. The molecule has 1 fully saturated rings. The highest BCUT2D eigenvalue weighted by molar-refractivity contribution is 4.81. The molecule has 2 nitrogen and oxygen atoms in total. The molecule has 0 aromatic heterocycles. The van der Waals surface area contributed by atoms with E-state index in [1.54, 1.807) is 0 Å². The van der Waals surface area contributed by atoms with E-state index in [2.05, 4.69) is 33.0 Å². The normalized spacial score (nSPS) is 28.1. The smallest absolute Gasteiger partial charge is 0.0584 e. The molecule has 17 heavy (non-hydrogen) atoms. The zero-order valence-corrected chi connectivity index (χ0v) is 12.1. The number of rotatable bonds is 5. The highest BCUT2D eigenvalue weighted by Crippen LogP contribution is 2.39. The average molecular weight is 241 g/mol. The summed E-state index contributed by atoms with van der Waals surface area (Å²) in [5.41, 5.74) is 0.482. The Bertz CT molecular complexity index is 197. The van der Waals surface area contributed by atoms with Crippen LogP contribution in [0.4, 0.5) is 0 Å². The van der Waals surface area contributed by atoms with E-state index in [9.17, 15) is 0 Å². The monoisotopic (exact) mass is 241 g/mol. The van der Waals surface area contributed by atoms with Crippen molar-refractivity contribution in [2.45, 2.75) is 65.8 Å². The van der Waals surface area contributed by atoms with Gasteiger partial charge in [-0.25, -0.2) is 0 Å². The van der Waals surface area contributed by atoms with Crippen LogP contribution in [0.25, 0.3) is 0 Å². The van der Waals surface area contributed by atoms with E-state index in [4.69, 9.17) is 5.11 Å². The van der Waals surface area contributed by atoms with Gasteiger partial charge >= 0.3 is 0 Å². The lowest BCUT2D eigenvalue weighted by molar-refractivity contribution is 0.144. The zero-order chi connectivity index (χ0) is 12.9. The van der Waals surface area contributed by atoms with Crippen LogP contribution in [0.5, 0.6) is 0 Å². The van der Waals surface area contributed by atoms with Crippen LogP contribution >= 0.6 is 0 Å². The number of hydrogen-bond donors (Lipinski definition) is 2. The minimum atomic E-state index is 0.272. The first kappa shape index (κ1) is 15.0. The first-order valence-corrected chi connectivity index (χ1v) is 7.31. The molecule has 1 rings (SSSR count). The molecule has 102 valence electrons. The van der Waals surface area contributed by atoms with Gasteiger partial charge in [0.25, 0.3) is 0 Å². The van der Waals surface area contributed by atoms with Gasteiger partial charge in [0.1, 0.15) is 0 Å². The van der Waals surface area contributed by atoms with Gasteiger partial charge < -0.3 is 10.4 Å². The van der Waals surface area contributed by atoms with Crippen molar-refractivity contribution >= 4 is 0 Å². The third-order valence-corrected chi connectivity index (χ3v) is 4.48. The molecule has 1 aliphatic rings. The summed E-state index contributed by atoms with van der Waals surface area (Å²) in [6.07, 6.45) is 6.50. The lowest BCUT2D eigenvalue weighted by Gasteiger charge is -2.37. The maximum atomic E-state index is 9.14. The quantitative estimate of drug-likeness (QED) is 0.775. The second kappa shape index (κ2) is 6.75. The Hall–Kier alpha value is -0.0800. The third kappa shape index (κ3) is 4.97. The van der Waals surface area contributed by atoms with Crippen LogP contribution in [-0.4, -0.2) is 24.3 Å². The summed E-state index contributed by atoms with van der Waals surface area (Å²) >= 11 is 0. The maximum absolute atomic E-state index is 9.14. The summed E-state index contributed by atoms with van der Waals surface area (Å²) in [7, 11) is 0. The molecule has 0 aromatic carbocycles. The summed E-state index contributed by atoms with van der Waals surface area (Å²) < 4.78 is 0. The van der Waals surface area contributed by atoms with E-state index in [0.29, 0.717) is 11.5 Å². The first-order chi connectivity index (χ1) is 7.97. The summed E-state index contributed by atoms with van der Waals surface area (Å²) in [4.78, 5) is 0. The Kier molecular flexibility index (Phi) is 5.94. The van der Waals surface area contributed by atoms with E-state index >= 15 is 0 Å². The van der Waals surface area contributed by atoms with Crippen LogP contribution in [0.3, 0.4) is 0 Å². The maximum Gasteiger partial charge on any atom is 0.0584 e. The van der Waals surface area contributed by atoms with Crippen LogP contribution < -0.4 is 5.32 Å². The van der Waals surface area contributed by atoms with Gasteiger partial charge in [0.15, 0.2) is 0 Å². The van der Waals surface area contributed by atoms with Crippen molar-refractivity contribution in [3.63, 3.8) is 0 Å². The van der Waals surface area contributed by atoms with Gasteiger partial charge in [-0.2, -0.15) is 0 Å². The number of aliphatic hydroxyl groups excluding tert-OH is 1. The molecule has 0 bridgehead atoms. The Labute approximate surface area is 107 Å². The second-order valence-electron chi connectivity index (χ2n) is 6.78. The van der Waals surface area contributed by atoms with Crippen molar-refractivity contribution < 1.29 is 5.11 Å². The molecule has 0 amide bonds. The Morgan fingerprint density at radius 2 is 1.76 bits per heavy atom. The lowest BCUT2D eigenvalue weighted by Crippen LogP contribution is -2.37.